The third-order valence-corrected chi connectivity index (χ3v) is 3.76. The van der Waals surface area contributed by atoms with E-state index < -0.39 is 0 Å². The zero-order chi connectivity index (χ0) is 12.3. The number of piperidine rings is 1. The van der Waals surface area contributed by atoms with Crippen molar-refractivity contribution < 1.29 is 4.79 Å². The maximum atomic E-state index is 12.2. The Balaban J connectivity index is 1.78. The summed E-state index contributed by atoms with van der Waals surface area (Å²) < 4.78 is 0. The highest BCUT2D eigenvalue weighted by Crippen LogP contribution is 2.27. The van der Waals surface area contributed by atoms with E-state index in [0.717, 1.165) is 38.9 Å². The lowest BCUT2D eigenvalue weighted by atomic mass is 10.1. The fourth-order valence-electron chi connectivity index (χ4n) is 2.53. The van der Waals surface area contributed by atoms with Crippen molar-refractivity contribution in [2.45, 2.75) is 51.1 Å². The maximum Gasteiger partial charge on any atom is 0.236 e. The summed E-state index contributed by atoms with van der Waals surface area (Å²) in [5.41, 5.74) is 5.87. The van der Waals surface area contributed by atoms with Crippen molar-refractivity contribution in [1.82, 2.24) is 9.80 Å². The predicted octanol–water partition coefficient (Wildman–Crippen LogP) is 0.811. The van der Waals surface area contributed by atoms with Gasteiger partial charge < -0.3 is 10.6 Å². The van der Waals surface area contributed by atoms with Gasteiger partial charge in [-0.1, -0.05) is 6.92 Å². The molecule has 2 aliphatic rings. The van der Waals surface area contributed by atoms with Gasteiger partial charge in [-0.05, 0) is 32.1 Å². The van der Waals surface area contributed by atoms with Crippen LogP contribution in [0.2, 0.25) is 0 Å². The molecule has 2 rings (SSSR count). The molecule has 0 bridgehead atoms. The molecule has 0 aromatic rings. The number of amides is 1. The number of nitrogens with zero attached hydrogens (tertiary/aromatic N) is 2. The molecule has 1 heterocycles. The van der Waals surface area contributed by atoms with Gasteiger partial charge in [0.15, 0.2) is 0 Å². The van der Waals surface area contributed by atoms with Crippen LogP contribution in [0.5, 0.6) is 0 Å². The molecule has 4 nitrogen and oxygen atoms in total. The fourth-order valence-corrected chi connectivity index (χ4v) is 2.53. The minimum atomic E-state index is 0.324. The minimum absolute atomic E-state index is 0.324. The van der Waals surface area contributed by atoms with Gasteiger partial charge in [-0.2, -0.15) is 0 Å². The van der Waals surface area contributed by atoms with Gasteiger partial charge in [0.25, 0.3) is 0 Å². The Kier molecular flexibility index (Phi) is 4.40. The third-order valence-electron chi connectivity index (χ3n) is 3.76. The monoisotopic (exact) mass is 239 g/mol. The van der Waals surface area contributed by atoms with E-state index in [-0.39, 0.29) is 0 Å². The van der Waals surface area contributed by atoms with Crippen molar-refractivity contribution in [3.8, 4) is 0 Å². The van der Waals surface area contributed by atoms with Crippen LogP contribution < -0.4 is 5.73 Å². The molecular weight excluding hydrogens is 214 g/mol. The SMILES string of the molecule is CCCN(C(=O)CN1CCC(N)CC1)C1CC1. The van der Waals surface area contributed by atoms with Gasteiger partial charge >= 0.3 is 0 Å². The molecule has 0 aromatic carbocycles. The van der Waals surface area contributed by atoms with Crippen molar-refractivity contribution in [3.05, 3.63) is 0 Å². The maximum absolute atomic E-state index is 12.2. The van der Waals surface area contributed by atoms with E-state index in [1.807, 2.05) is 0 Å². The Hall–Kier alpha value is -0.610. The number of nitrogens with two attached hydrogens (primary N) is 1. The summed E-state index contributed by atoms with van der Waals surface area (Å²) in [5, 5.41) is 0. The molecule has 0 radical (unpaired) electrons. The van der Waals surface area contributed by atoms with Gasteiger partial charge in [0.1, 0.15) is 0 Å². The summed E-state index contributed by atoms with van der Waals surface area (Å²) in [6.07, 6.45) is 5.54. The molecule has 0 atom stereocenters. The lowest BCUT2D eigenvalue weighted by Gasteiger charge is -2.31. The second-order valence-electron chi connectivity index (χ2n) is 5.43. The van der Waals surface area contributed by atoms with Gasteiger partial charge in [-0.25, -0.2) is 0 Å². The zero-order valence-electron chi connectivity index (χ0n) is 10.9. The van der Waals surface area contributed by atoms with Crippen molar-refractivity contribution in [1.29, 1.82) is 0 Å². The normalized spacial score (nSPS) is 22.7. The van der Waals surface area contributed by atoms with Gasteiger partial charge in [0, 0.05) is 31.7 Å². The predicted molar refractivity (Wildman–Crippen MR) is 68.7 cm³/mol. The molecule has 1 aliphatic carbocycles. The Bertz CT molecular complexity index is 257. The molecule has 98 valence electrons. The van der Waals surface area contributed by atoms with Crippen LogP contribution in [0.4, 0.5) is 0 Å². The molecule has 0 aromatic heterocycles. The van der Waals surface area contributed by atoms with Crippen molar-refractivity contribution in [2.75, 3.05) is 26.2 Å². The summed E-state index contributed by atoms with van der Waals surface area (Å²) in [5.74, 6) is 0.324. The summed E-state index contributed by atoms with van der Waals surface area (Å²) in [4.78, 5) is 16.6. The molecule has 4 heteroatoms. The smallest absolute Gasteiger partial charge is 0.236 e. The van der Waals surface area contributed by atoms with Crippen molar-refractivity contribution in [2.24, 2.45) is 5.73 Å². The Morgan fingerprint density at radius 1 is 1.29 bits per heavy atom. The van der Waals surface area contributed by atoms with E-state index in [2.05, 4.69) is 16.7 Å². The molecule has 1 saturated carbocycles. The summed E-state index contributed by atoms with van der Waals surface area (Å²) in [7, 11) is 0. The first kappa shape index (κ1) is 12.8. The fraction of sp³-hybridized carbons (Fsp3) is 0.923. The van der Waals surface area contributed by atoms with Crippen LogP contribution in [-0.2, 0) is 4.79 Å². The number of carbonyl (C=O) groups excluding carboxylic acids is 1. The van der Waals surface area contributed by atoms with E-state index >= 15 is 0 Å². The van der Waals surface area contributed by atoms with E-state index in [0.29, 0.717) is 24.5 Å². The number of hydrogen-bond acceptors (Lipinski definition) is 3. The Morgan fingerprint density at radius 2 is 1.94 bits per heavy atom. The van der Waals surface area contributed by atoms with Gasteiger partial charge in [-0.15, -0.1) is 0 Å². The molecule has 1 aliphatic heterocycles. The van der Waals surface area contributed by atoms with Crippen molar-refractivity contribution >= 4 is 5.91 Å². The highest BCUT2D eigenvalue weighted by Gasteiger charge is 2.32. The average Bonchev–Trinajstić information content (AvgIpc) is 3.13. The number of carbonyl (C=O) groups is 1. The van der Waals surface area contributed by atoms with E-state index in [4.69, 9.17) is 5.73 Å². The number of likely N-dealkylation sites (tertiary alicyclic amines) is 1. The van der Waals surface area contributed by atoms with Gasteiger partial charge in [-0.3, -0.25) is 9.69 Å². The van der Waals surface area contributed by atoms with Crippen molar-refractivity contribution in [3.63, 3.8) is 0 Å². The molecule has 0 spiro atoms. The van der Waals surface area contributed by atoms with Crippen LogP contribution in [0.1, 0.15) is 39.0 Å². The van der Waals surface area contributed by atoms with Crippen LogP contribution >= 0.6 is 0 Å². The second kappa shape index (κ2) is 5.83. The second-order valence-corrected chi connectivity index (χ2v) is 5.43. The summed E-state index contributed by atoms with van der Waals surface area (Å²) in [6.45, 7) is 5.64. The topological polar surface area (TPSA) is 49.6 Å². The molecule has 2 fully saturated rings. The van der Waals surface area contributed by atoms with E-state index in [9.17, 15) is 4.79 Å². The average molecular weight is 239 g/mol. The van der Waals surface area contributed by atoms with E-state index in [1.54, 1.807) is 0 Å². The zero-order valence-corrected chi connectivity index (χ0v) is 10.9. The Morgan fingerprint density at radius 3 is 2.47 bits per heavy atom. The van der Waals surface area contributed by atoms with Crippen LogP contribution in [-0.4, -0.2) is 54.0 Å². The Labute approximate surface area is 104 Å². The highest BCUT2D eigenvalue weighted by molar-refractivity contribution is 5.79. The summed E-state index contributed by atoms with van der Waals surface area (Å²) in [6, 6.07) is 0.894. The number of hydrogen-bond donors (Lipinski definition) is 1. The third kappa shape index (κ3) is 3.68. The molecule has 2 N–H and O–H groups in total. The van der Waals surface area contributed by atoms with Crippen LogP contribution in [0.15, 0.2) is 0 Å². The van der Waals surface area contributed by atoms with E-state index in [1.165, 1.54) is 12.8 Å². The molecule has 17 heavy (non-hydrogen) atoms. The summed E-state index contributed by atoms with van der Waals surface area (Å²) >= 11 is 0. The molecule has 0 unspecified atom stereocenters. The minimum Gasteiger partial charge on any atom is -0.339 e. The van der Waals surface area contributed by atoms with Crippen LogP contribution in [0.25, 0.3) is 0 Å². The quantitative estimate of drug-likeness (QED) is 0.772. The molecule has 1 amide bonds. The first-order valence-electron chi connectivity index (χ1n) is 6.98. The van der Waals surface area contributed by atoms with Gasteiger partial charge in [0.05, 0.1) is 6.54 Å². The van der Waals surface area contributed by atoms with Crippen LogP contribution in [0, 0.1) is 0 Å². The lowest BCUT2D eigenvalue weighted by molar-refractivity contribution is -0.133. The number of rotatable bonds is 5. The molecule has 1 saturated heterocycles. The first-order valence-corrected chi connectivity index (χ1v) is 6.98. The van der Waals surface area contributed by atoms with Crippen LogP contribution in [0.3, 0.4) is 0 Å². The first-order chi connectivity index (χ1) is 8.20. The largest absolute Gasteiger partial charge is 0.339 e. The lowest BCUT2D eigenvalue weighted by Crippen LogP contribution is -2.46. The standard InChI is InChI=1S/C13H25N3O/c1-2-7-16(12-3-4-12)13(17)10-15-8-5-11(14)6-9-15/h11-12H,2-10,14H2,1H3. The van der Waals surface area contributed by atoms with Gasteiger partial charge in [0.2, 0.25) is 5.91 Å². The highest BCUT2D eigenvalue weighted by atomic mass is 16.2. The molecular formula is C13H25N3O.